The average Bonchev–Trinajstić information content (AvgIpc) is 3.30. The van der Waals surface area contributed by atoms with E-state index in [1.54, 1.807) is 12.1 Å². The SMILES string of the molecule is CCn1c(SCC(=O)N/N=C\c2cc(OC)c(OC(C)=O)c(OC)c2)nnc1-c1ccc(C(C)(C)C)cc1. The summed E-state index contributed by atoms with van der Waals surface area (Å²) in [5.41, 5.74) is 5.37. The first-order chi connectivity index (χ1) is 18.1. The number of hydrogen-bond acceptors (Lipinski definition) is 9. The van der Waals surface area contributed by atoms with E-state index in [0.29, 0.717) is 28.8 Å². The Morgan fingerprint density at radius 2 is 1.71 bits per heavy atom. The topological polar surface area (TPSA) is 117 Å². The Hall–Kier alpha value is -3.86. The minimum Gasteiger partial charge on any atom is -0.493 e. The highest BCUT2D eigenvalue weighted by Gasteiger charge is 2.18. The maximum Gasteiger partial charge on any atom is 0.308 e. The fourth-order valence-corrected chi connectivity index (χ4v) is 4.37. The van der Waals surface area contributed by atoms with E-state index in [-0.39, 0.29) is 22.8 Å². The van der Waals surface area contributed by atoms with Gasteiger partial charge in [-0.15, -0.1) is 10.2 Å². The normalized spacial score (nSPS) is 11.4. The Kier molecular flexibility index (Phi) is 9.51. The van der Waals surface area contributed by atoms with Gasteiger partial charge in [0.25, 0.3) is 5.91 Å². The van der Waals surface area contributed by atoms with Gasteiger partial charge in [-0.2, -0.15) is 5.10 Å². The maximum absolute atomic E-state index is 12.4. The van der Waals surface area contributed by atoms with E-state index in [1.807, 2.05) is 11.5 Å². The molecule has 0 spiro atoms. The van der Waals surface area contributed by atoms with Gasteiger partial charge >= 0.3 is 5.97 Å². The Morgan fingerprint density at radius 3 is 2.24 bits per heavy atom. The highest BCUT2D eigenvalue weighted by molar-refractivity contribution is 7.99. The molecule has 3 aromatic rings. The van der Waals surface area contributed by atoms with Gasteiger partial charge in [-0.05, 0) is 30.0 Å². The van der Waals surface area contributed by atoms with Crippen molar-refractivity contribution in [1.82, 2.24) is 20.2 Å². The quantitative estimate of drug-likeness (QED) is 0.132. The zero-order valence-corrected chi connectivity index (χ0v) is 23.5. The van der Waals surface area contributed by atoms with E-state index in [0.717, 1.165) is 11.4 Å². The zero-order valence-electron chi connectivity index (χ0n) is 22.7. The number of carbonyl (C=O) groups excluding carboxylic acids is 2. The molecule has 202 valence electrons. The number of nitrogens with zero attached hydrogens (tertiary/aromatic N) is 4. The van der Waals surface area contributed by atoms with E-state index >= 15 is 0 Å². The fraction of sp³-hybridized carbons (Fsp3) is 0.370. The third kappa shape index (κ3) is 7.12. The van der Waals surface area contributed by atoms with Crippen LogP contribution in [0, 0.1) is 0 Å². The molecule has 11 heteroatoms. The lowest BCUT2D eigenvalue weighted by atomic mass is 9.87. The third-order valence-corrected chi connectivity index (χ3v) is 6.47. The summed E-state index contributed by atoms with van der Waals surface area (Å²) >= 11 is 1.28. The number of benzene rings is 2. The number of amides is 1. The summed E-state index contributed by atoms with van der Waals surface area (Å²) in [7, 11) is 2.89. The number of aromatic nitrogens is 3. The summed E-state index contributed by atoms with van der Waals surface area (Å²) in [5, 5.41) is 13.3. The van der Waals surface area contributed by atoms with E-state index < -0.39 is 5.97 Å². The van der Waals surface area contributed by atoms with Crippen molar-refractivity contribution in [3.8, 4) is 28.6 Å². The van der Waals surface area contributed by atoms with Crippen LogP contribution >= 0.6 is 11.8 Å². The number of hydrogen-bond donors (Lipinski definition) is 1. The summed E-state index contributed by atoms with van der Waals surface area (Å²) in [4.78, 5) is 23.8. The molecule has 0 bridgehead atoms. The molecule has 0 radical (unpaired) electrons. The largest absolute Gasteiger partial charge is 0.493 e. The highest BCUT2D eigenvalue weighted by Crippen LogP contribution is 2.38. The number of ether oxygens (including phenoxy) is 3. The van der Waals surface area contributed by atoms with E-state index in [9.17, 15) is 9.59 Å². The van der Waals surface area contributed by atoms with Gasteiger partial charge in [-0.1, -0.05) is 56.8 Å². The van der Waals surface area contributed by atoms with Crippen molar-refractivity contribution >= 4 is 29.9 Å². The van der Waals surface area contributed by atoms with Crippen molar-refractivity contribution < 1.29 is 23.8 Å². The van der Waals surface area contributed by atoms with Crippen molar-refractivity contribution in [1.29, 1.82) is 0 Å². The number of nitrogens with one attached hydrogen (secondary N) is 1. The second-order valence-corrected chi connectivity index (χ2v) is 10.3. The van der Waals surface area contributed by atoms with Crippen molar-refractivity contribution in [3.05, 3.63) is 47.5 Å². The molecule has 10 nitrogen and oxygen atoms in total. The van der Waals surface area contributed by atoms with Gasteiger partial charge in [-0.25, -0.2) is 5.43 Å². The molecule has 0 aliphatic heterocycles. The van der Waals surface area contributed by atoms with Crippen LogP contribution in [0.1, 0.15) is 45.7 Å². The summed E-state index contributed by atoms with van der Waals surface area (Å²) in [6, 6.07) is 11.6. The molecule has 0 fully saturated rings. The first kappa shape index (κ1) is 28.7. The molecule has 3 rings (SSSR count). The smallest absolute Gasteiger partial charge is 0.308 e. The lowest BCUT2D eigenvalue weighted by Crippen LogP contribution is -2.20. The number of thioether (sulfide) groups is 1. The van der Waals surface area contributed by atoms with Gasteiger partial charge in [0.15, 0.2) is 22.5 Å². The molecule has 1 amide bonds. The molecule has 1 heterocycles. The standard InChI is InChI=1S/C27H33N5O5S/c1-8-32-25(19-9-11-20(12-10-19)27(3,4)5)30-31-26(32)38-16-23(34)29-28-15-18-13-21(35-6)24(37-17(2)33)22(14-18)36-7/h9-15H,8,16H2,1-7H3,(H,29,34)/b28-15-. The van der Waals surface area contributed by atoms with Crippen molar-refractivity contribution in [2.24, 2.45) is 5.10 Å². The Morgan fingerprint density at radius 1 is 1.08 bits per heavy atom. The summed E-state index contributed by atoms with van der Waals surface area (Å²) in [6.45, 7) is 10.5. The number of hydrazone groups is 1. The average molecular weight is 540 g/mol. The van der Waals surface area contributed by atoms with Crippen molar-refractivity contribution in [2.45, 2.75) is 51.7 Å². The van der Waals surface area contributed by atoms with E-state index in [4.69, 9.17) is 14.2 Å². The predicted octanol–water partition coefficient (Wildman–Crippen LogP) is 4.45. The van der Waals surface area contributed by atoms with Crippen LogP contribution in [0.15, 0.2) is 46.7 Å². The molecule has 0 unspecified atom stereocenters. The van der Waals surface area contributed by atoms with E-state index in [1.165, 1.54) is 44.7 Å². The van der Waals surface area contributed by atoms with Crippen molar-refractivity contribution in [3.63, 3.8) is 0 Å². The molecular weight excluding hydrogens is 506 g/mol. The van der Waals surface area contributed by atoms with Crippen LogP contribution in [0.25, 0.3) is 11.4 Å². The zero-order chi connectivity index (χ0) is 27.9. The number of rotatable bonds is 10. The lowest BCUT2D eigenvalue weighted by Gasteiger charge is -2.19. The molecule has 2 aromatic carbocycles. The van der Waals surface area contributed by atoms with Crippen LogP contribution in [0.3, 0.4) is 0 Å². The lowest BCUT2D eigenvalue weighted by molar-refractivity contribution is -0.132. The van der Waals surface area contributed by atoms with Gasteiger partial charge in [0.05, 0.1) is 26.2 Å². The molecule has 0 saturated carbocycles. The van der Waals surface area contributed by atoms with Crippen LogP contribution in [0.2, 0.25) is 0 Å². The predicted molar refractivity (Wildman–Crippen MR) is 147 cm³/mol. The molecule has 0 aliphatic carbocycles. The second-order valence-electron chi connectivity index (χ2n) is 9.31. The van der Waals surface area contributed by atoms with Crippen LogP contribution < -0.4 is 19.6 Å². The molecule has 0 atom stereocenters. The van der Waals surface area contributed by atoms with Gasteiger partial charge < -0.3 is 18.8 Å². The summed E-state index contributed by atoms with van der Waals surface area (Å²) in [6.07, 6.45) is 1.44. The Bertz CT molecular complexity index is 1290. The fourth-order valence-electron chi connectivity index (χ4n) is 3.57. The number of methoxy groups -OCH3 is 2. The molecular formula is C27H33N5O5S. The van der Waals surface area contributed by atoms with Gasteiger partial charge in [0.2, 0.25) is 5.75 Å². The third-order valence-electron chi connectivity index (χ3n) is 5.51. The number of carbonyl (C=O) groups is 2. The van der Waals surface area contributed by atoms with E-state index in [2.05, 4.69) is 65.8 Å². The minimum atomic E-state index is -0.503. The van der Waals surface area contributed by atoms with Crippen LogP contribution in [0.5, 0.6) is 17.2 Å². The summed E-state index contributed by atoms with van der Waals surface area (Å²) in [5.74, 6) is 0.826. The van der Waals surface area contributed by atoms with Gasteiger partial charge in [0, 0.05) is 24.6 Å². The number of esters is 1. The van der Waals surface area contributed by atoms with Crippen LogP contribution in [-0.2, 0) is 21.5 Å². The van der Waals surface area contributed by atoms with Crippen LogP contribution in [0.4, 0.5) is 0 Å². The monoisotopic (exact) mass is 539 g/mol. The van der Waals surface area contributed by atoms with Crippen molar-refractivity contribution in [2.75, 3.05) is 20.0 Å². The highest BCUT2D eigenvalue weighted by atomic mass is 32.2. The van der Waals surface area contributed by atoms with Gasteiger partial charge in [0.1, 0.15) is 0 Å². The minimum absolute atomic E-state index is 0.0688. The second kappa shape index (κ2) is 12.6. The van der Waals surface area contributed by atoms with Gasteiger partial charge in [-0.3, -0.25) is 9.59 Å². The molecule has 1 aromatic heterocycles. The first-order valence-corrected chi connectivity index (χ1v) is 13.0. The van der Waals surface area contributed by atoms with Crippen LogP contribution in [-0.4, -0.2) is 52.8 Å². The molecule has 1 N–H and O–H groups in total. The maximum atomic E-state index is 12.4. The summed E-state index contributed by atoms with van der Waals surface area (Å²) < 4.78 is 17.8. The molecule has 0 saturated heterocycles. The molecule has 38 heavy (non-hydrogen) atoms. The Balaban J connectivity index is 1.64. The Labute approximate surface area is 226 Å². The first-order valence-electron chi connectivity index (χ1n) is 12.0. The molecule has 0 aliphatic rings.